The van der Waals surface area contributed by atoms with Crippen molar-refractivity contribution in [3.8, 4) is 0 Å². The number of hydrogen-bond acceptors (Lipinski definition) is 0. The number of hydrogen-bond donors (Lipinski definition) is 0. The molecule has 4 aromatic carbocycles. The van der Waals surface area contributed by atoms with Gasteiger partial charge in [-0.25, -0.2) is 0 Å². The summed E-state index contributed by atoms with van der Waals surface area (Å²) in [7, 11) is 2.21. The van der Waals surface area contributed by atoms with Crippen LogP contribution < -0.4 is 0 Å². The second-order valence-corrected chi connectivity index (χ2v) is 8.26. The first-order chi connectivity index (χ1) is 15.3. The van der Waals surface area contributed by atoms with Crippen molar-refractivity contribution in [1.29, 1.82) is 0 Å². The van der Waals surface area contributed by atoms with Crippen molar-refractivity contribution in [2.45, 2.75) is 5.41 Å². The van der Waals surface area contributed by atoms with E-state index < -0.39 is 0 Å². The van der Waals surface area contributed by atoms with Crippen molar-refractivity contribution in [1.82, 2.24) is 4.57 Å². The maximum absolute atomic E-state index is 2.49. The second kappa shape index (κ2) is 6.85. The molecule has 6 rings (SSSR count). The average molecular weight is 398 g/mol. The van der Waals surface area contributed by atoms with Gasteiger partial charge in [0, 0.05) is 29.2 Å². The van der Waals surface area contributed by atoms with Crippen LogP contribution in [-0.2, 0) is 12.5 Å². The summed E-state index contributed by atoms with van der Waals surface area (Å²) in [5.41, 5.74) is 8.75. The molecule has 5 aromatic rings. The minimum Gasteiger partial charge on any atom is -0.346 e. The van der Waals surface area contributed by atoms with Gasteiger partial charge < -0.3 is 4.57 Å². The molecule has 0 saturated carbocycles. The SMILES string of the molecule is Cn1c2c(c3ccccc31)C(c1ccccc1)=CC2(c1ccccc1)c1ccccc1. The Morgan fingerprint density at radius 2 is 1.10 bits per heavy atom. The highest BCUT2D eigenvalue weighted by Crippen LogP contribution is 2.53. The largest absolute Gasteiger partial charge is 0.346 e. The lowest BCUT2D eigenvalue weighted by Crippen LogP contribution is -2.28. The summed E-state index contributed by atoms with van der Waals surface area (Å²) in [5, 5.41) is 1.31. The average Bonchev–Trinajstić information content (AvgIpc) is 3.36. The van der Waals surface area contributed by atoms with Crippen molar-refractivity contribution < 1.29 is 0 Å². The van der Waals surface area contributed by atoms with Crippen LogP contribution in [0.25, 0.3) is 16.5 Å². The highest BCUT2D eigenvalue weighted by Gasteiger charge is 2.45. The minimum absolute atomic E-state index is 0.350. The van der Waals surface area contributed by atoms with Gasteiger partial charge in [-0.1, -0.05) is 115 Å². The number of fused-ring (bicyclic) bond motifs is 3. The Kier molecular flexibility index (Phi) is 3.97. The minimum atomic E-state index is -0.350. The quantitative estimate of drug-likeness (QED) is 0.310. The molecule has 1 heterocycles. The van der Waals surface area contributed by atoms with Crippen molar-refractivity contribution in [3.05, 3.63) is 149 Å². The molecule has 0 amide bonds. The molecule has 0 unspecified atom stereocenters. The lowest BCUT2D eigenvalue weighted by molar-refractivity contribution is 0.708. The molecule has 1 aromatic heterocycles. The van der Waals surface area contributed by atoms with E-state index >= 15 is 0 Å². The topological polar surface area (TPSA) is 4.93 Å². The van der Waals surface area contributed by atoms with Crippen LogP contribution in [0.1, 0.15) is 27.9 Å². The summed E-state index contributed by atoms with van der Waals surface area (Å²) in [5.74, 6) is 0. The van der Waals surface area contributed by atoms with E-state index in [-0.39, 0.29) is 5.41 Å². The molecule has 0 radical (unpaired) electrons. The molecule has 0 N–H and O–H groups in total. The summed E-state index contributed by atoms with van der Waals surface area (Å²) in [6.07, 6.45) is 2.49. The lowest BCUT2D eigenvalue weighted by atomic mass is 9.73. The van der Waals surface area contributed by atoms with E-state index in [1.807, 2.05) is 0 Å². The maximum atomic E-state index is 2.49. The van der Waals surface area contributed by atoms with E-state index in [4.69, 9.17) is 0 Å². The second-order valence-electron chi connectivity index (χ2n) is 8.26. The highest BCUT2D eigenvalue weighted by molar-refractivity contribution is 6.03. The van der Waals surface area contributed by atoms with Crippen molar-refractivity contribution >= 4 is 16.5 Å². The van der Waals surface area contributed by atoms with Gasteiger partial charge in [0.25, 0.3) is 0 Å². The van der Waals surface area contributed by atoms with Crippen LogP contribution in [0.3, 0.4) is 0 Å². The molecule has 0 atom stereocenters. The van der Waals surface area contributed by atoms with Crippen LogP contribution in [0.15, 0.2) is 121 Å². The number of para-hydroxylation sites is 1. The molecule has 0 bridgehead atoms. The number of aryl methyl sites for hydroxylation is 1. The van der Waals surface area contributed by atoms with Gasteiger partial charge in [-0.15, -0.1) is 0 Å². The van der Waals surface area contributed by atoms with E-state index in [1.165, 1.54) is 44.4 Å². The molecule has 0 aliphatic heterocycles. The molecule has 1 aliphatic rings. The van der Waals surface area contributed by atoms with Gasteiger partial charge in [0.1, 0.15) is 0 Å². The third kappa shape index (κ3) is 2.50. The molecule has 0 saturated heterocycles. The van der Waals surface area contributed by atoms with Crippen LogP contribution in [0.5, 0.6) is 0 Å². The predicted molar refractivity (Wildman–Crippen MR) is 129 cm³/mol. The maximum Gasteiger partial charge on any atom is 0.0800 e. The van der Waals surface area contributed by atoms with E-state index in [9.17, 15) is 0 Å². The third-order valence-corrected chi connectivity index (χ3v) is 6.65. The lowest BCUT2D eigenvalue weighted by Gasteiger charge is -2.31. The standard InChI is InChI=1S/C30H23N/c1-31-27-20-12-11-19-25(27)28-26(22-13-5-2-6-14-22)21-30(29(28)31,23-15-7-3-8-16-23)24-17-9-4-10-18-24/h2-21H,1H3. The molecule has 148 valence electrons. The fourth-order valence-corrected chi connectivity index (χ4v) is 5.34. The highest BCUT2D eigenvalue weighted by atomic mass is 15.0. The van der Waals surface area contributed by atoms with E-state index in [0.29, 0.717) is 0 Å². The summed E-state index contributed by atoms with van der Waals surface area (Å²) < 4.78 is 2.40. The van der Waals surface area contributed by atoms with Crippen molar-refractivity contribution in [2.24, 2.45) is 7.05 Å². The molecule has 1 heteroatoms. The molecule has 1 nitrogen and oxygen atoms in total. The normalized spacial score (nSPS) is 14.4. The first-order valence-corrected chi connectivity index (χ1v) is 10.8. The fourth-order valence-electron chi connectivity index (χ4n) is 5.34. The monoisotopic (exact) mass is 397 g/mol. The number of benzene rings is 4. The Labute approximate surface area is 182 Å². The Morgan fingerprint density at radius 3 is 1.71 bits per heavy atom. The van der Waals surface area contributed by atoms with E-state index in [2.05, 4.69) is 133 Å². The first-order valence-electron chi connectivity index (χ1n) is 10.8. The van der Waals surface area contributed by atoms with Gasteiger partial charge in [0.2, 0.25) is 0 Å². The summed E-state index contributed by atoms with van der Waals surface area (Å²) >= 11 is 0. The van der Waals surface area contributed by atoms with Gasteiger partial charge in [0.05, 0.1) is 5.41 Å². The number of aromatic nitrogens is 1. The van der Waals surface area contributed by atoms with Crippen LogP contribution in [0, 0.1) is 0 Å². The molecular weight excluding hydrogens is 374 g/mol. The number of allylic oxidation sites excluding steroid dienone is 1. The molecule has 31 heavy (non-hydrogen) atoms. The van der Waals surface area contributed by atoms with Gasteiger partial charge in [0.15, 0.2) is 0 Å². The van der Waals surface area contributed by atoms with Crippen molar-refractivity contribution in [2.75, 3.05) is 0 Å². The van der Waals surface area contributed by atoms with E-state index in [1.54, 1.807) is 0 Å². The summed E-state index contributed by atoms with van der Waals surface area (Å²) in [4.78, 5) is 0. The van der Waals surface area contributed by atoms with Gasteiger partial charge in [-0.3, -0.25) is 0 Å². The predicted octanol–water partition coefficient (Wildman–Crippen LogP) is 6.96. The zero-order valence-corrected chi connectivity index (χ0v) is 17.5. The molecule has 1 aliphatic carbocycles. The zero-order chi connectivity index (χ0) is 20.8. The first kappa shape index (κ1) is 18.0. The Bertz CT molecular complexity index is 1370. The third-order valence-electron chi connectivity index (χ3n) is 6.65. The Balaban J connectivity index is 1.81. The smallest absolute Gasteiger partial charge is 0.0800 e. The van der Waals surface area contributed by atoms with Gasteiger partial charge in [-0.2, -0.15) is 0 Å². The molecule has 0 spiro atoms. The van der Waals surface area contributed by atoms with E-state index in [0.717, 1.165) is 0 Å². The van der Waals surface area contributed by atoms with Gasteiger partial charge >= 0.3 is 0 Å². The Hall–Kier alpha value is -3.84. The summed E-state index contributed by atoms with van der Waals surface area (Å²) in [6.45, 7) is 0. The van der Waals surface area contributed by atoms with Crippen LogP contribution in [0.2, 0.25) is 0 Å². The van der Waals surface area contributed by atoms with Gasteiger partial charge in [-0.05, 0) is 28.3 Å². The van der Waals surface area contributed by atoms with Crippen LogP contribution >= 0.6 is 0 Å². The van der Waals surface area contributed by atoms with Crippen LogP contribution in [-0.4, -0.2) is 4.57 Å². The number of nitrogens with zero attached hydrogens (tertiary/aromatic N) is 1. The fraction of sp³-hybridized carbons (Fsp3) is 0.0667. The zero-order valence-electron chi connectivity index (χ0n) is 17.5. The Morgan fingerprint density at radius 1 is 0.581 bits per heavy atom. The van der Waals surface area contributed by atoms with Crippen LogP contribution in [0.4, 0.5) is 0 Å². The molecule has 0 fully saturated rings. The summed E-state index contributed by atoms with van der Waals surface area (Å²) in [6, 6.07) is 41.4. The molecular formula is C30H23N. The number of rotatable bonds is 3. The van der Waals surface area contributed by atoms with Crippen molar-refractivity contribution in [3.63, 3.8) is 0 Å².